The highest BCUT2D eigenvalue weighted by molar-refractivity contribution is 5.83. The van der Waals surface area contributed by atoms with Gasteiger partial charge in [-0.1, -0.05) is 0 Å². The molecule has 0 aromatic rings. The molecule has 21 heavy (non-hydrogen) atoms. The average Bonchev–Trinajstić information content (AvgIpc) is 3.20. The molecule has 3 atom stereocenters. The van der Waals surface area contributed by atoms with Gasteiger partial charge in [-0.05, 0) is 76.5 Å². The fraction of sp³-hybridized carbons (Fsp3) is 0.941. The summed E-state index contributed by atoms with van der Waals surface area (Å²) in [6, 6.07) is 0.731. The second-order valence-electron chi connectivity index (χ2n) is 7.89. The molecule has 0 aromatic carbocycles. The molecular weight excluding hydrogens is 262 g/mol. The van der Waals surface area contributed by atoms with E-state index in [0.29, 0.717) is 17.2 Å². The minimum absolute atomic E-state index is 0.359. The first-order chi connectivity index (χ1) is 10.2. The van der Waals surface area contributed by atoms with E-state index in [2.05, 4.69) is 22.2 Å². The van der Waals surface area contributed by atoms with Crippen LogP contribution in [0.2, 0.25) is 0 Å². The predicted octanol–water partition coefficient (Wildman–Crippen LogP) is 1.32. The van der Waals surface area contributed by atoms with Gasteiger partial charge in [0.1, 0.15) is 0 Å². The molecule has 0 aromatic heterocycles. The summed E-state index contributed by atoms with van der Waals surface area (Å²) in [5, 5.41) is 3.43. The van der Waals surface area contributed by atoms with Crippen LogP contribution in [0.3, 0.4) is 0 Å². The Labute approximate surface area is 128 Å². The van der Waals surface area contributed by atoms with Crippen LogP contribution in [0.15, 0.2) is 0 Å². The second kappa shape index (κ2) is 5.24. The van der Waals surface area contributed by atoms with E-state index >= 15 is 0 Å². The molecule has 3 aliphatic heterocycles. The smallest absolute Gasteiger partial charge is 0.226 e. The van der Waals surface area contributed by atoms with Crippen LogP contribution in [0.25, 0.3) is 0 Å². The van der Waals surface area contributed by atoms with Gasteiger partial charge in [0, 0.05) is 25.0 Å². The van der Waals surface area contributed by atoms with Gasteiger partial charge in [-0.3, -0.25) is 4.79 Å². The van der Waals surface area contributed by atoms with Gasteiger partial charge in [0.05, 0.1) is 0 Å². The summed E-state index contributed by atoms with van der Waals surface area (Å²) < 4.78 is 0. The SMILES string of the molecule is CN1CCCC2CN(C(=O)C3CC34CCNCC4)CCC21. The number of likely N-dealkylation sites (tertiary alicyclic amines) is 2. The Morgan fingerprint density at radius 3 is 2.81 bits per heavy atom. The number of fused-ring (bicyclic) bond motifs is 1. The van der Waals surface area contributed by atoms with Crippen LogP contribution in [0, 0.1) is 17.3 Å². The van der Waals surface area contributed by atoms with Crippen molar-refractivity contribution >= 4 is 5.91 Å². The molecule has 1 aliphatic carbocycles. The molecule has 4 rings (SSSR count). The molecule has 1 N–H and O–H groups in total. The van der Waals surface area contributed by atoms with Gasteiger partial charge in [-0.25, -0.2) is 0 Å². The summed E-state index contributed by atoms with van der Waals surface area (Å²) in [4.78, 5) is 17.6. The molecule has 4 heteroatoms. The quantitative estimate of drug-likeness (QED) is 0.791. The average molecular weight is 291 g/mol. The highest BCUT2D eigenvalue weighted by Gasteiger charge is 2.58. The molecule has 4 nitrogen and oxygen atoms in total. The van der Waals surface area contributed by atoms with Crippen molar-refractivity contribution < 1.29 is 4.79 Å². The van der Waals surface area contributed by atoms with Gasteiger partial charge in [-0.15, -0.1) is 0 Å². The largest absolute Gasteiger partial charge is 0.342 e. The number of nitrogens with zero attached hydrogens (tertiary/aromatic N) is 2. The van der Waals surface area contributed by atoms with E-state index in [9.17, 15) is 4.79 Å². The Morgan fingerprint density at radius 1 is 1.19 bits per heavy atom. The molecule has 118 valence electrons. The molecule has 4 aliphatic rings. The van der Waals surface area contributed by atoms with E-state index < -0.39 is 0 Å². The van der Waals surface area contributed by atoms with Crippen molar-refractivity contribution in [2.75, 3.05) is 39.8 Å². The number of amides is 1. The fourth-order valence-electron chi connectivity index (χ4n) is 5.25. The van der Waals surface area contributed by atoms with Gasteiger partial charge >= 0.3 is 0 Å². The molecule has 1 saturated carbocycles. The molecular formula is C17H29N3O. The summed E-state index contributed by atoms with van der Waals surface area (Å²) in [6.45, 7) is 5.49. The standard InChI is InChI=1S/C17H29N3O/c1-19-9-2-3-13-12-20(10-4-15(13)19)16(21)14-11-17(14)5-7-18-8-6-17/h13-15,18H,2-12H2,1H3. The van der Waals surface area contributed by atoms with Gasteiger partial charge in [0.25, 0.3) is 0 Å². The van der Waals surface area contributed by atoms with Crippen molar-refractivity contribution in [2.45, 2.75) is 44.6 Å². The van der Waals surface area contributed by atoms with Crippen LogP contribution < -0.4 is 5.32 Å². The van der Waals surface area contributed by atoms with Gasteiger partial charge in [-0.2, -0.15) is 0 Å². The molecule has 4 fully saturated rings. The summed E-state index contributed by atoms with van der Waals surface area (Å²) in [5.41, 5.74) is 0.391. The normalized spacial score (nSPS) is 39.1. The third kappa shape index (κ3) is 2.40. The number of carbonyl (C=O) groups excluding carboxylic acids is 1. The van der Waals surface area contributed by atoms with Gasteiger partial charge in [0.15, 0.2) is 0 Å². The number of carbonyl (C=O) groups is 1. The molecule has 1 amide bonds. The summed E-state index contributed by atoms with van der Waals surface area (Å²) in [7, 11) is 2.26. The minimum atomic E-state index is 0.359. The van der Waals surface area contributed by atoms with E-state index in [1.807, 2.05) is 0 Å². The molecule has 3 unspecified atom stereocenters. The van der Waals surface area contributed by atoms with Crippen molar-refractivity contribution in [3.05, 3.63) is 0 Å². The van der Waals surface area contributed by atoms with Crippen LogP contribution in [-0.2, 0) is 4.79 Å². The lowest BCUT2D eigenvalue weighted by atomic mass is 9.83. The van der Waals surface area contributed by atoms with Crippen LogP contribution in [-0.4, -0.2) is 61.5 Å². The molecule has 0 bridgehead atoms. The summed E-state index contributed by atoms with van der Waals surface area (Å²) in [5.74, 6) is 1.57. The zero-order valence-electron chi connectivity index (χ0n) is 13.3. The topological polar surface area (TPSA) is 35.6 Å². The maximum atomic E-state index is 12.9. The van der Waals surface area contributed by atoms with Crippen LogP contribution in [0.1, 0.15) is 38.5 Å². The van der Waals surface area contributed by atoms with Crippen molar-refractivity contribution in [3.8, 4) is 0 Å². The Morgan fingerprint density at radius 2 is 2.00 bits per heavy atom. The highest BCUT2D eigenvalue weighted by atomic mass is 16.2. The third-order valence-electron chi connectivity index (χ3n) is 6.74. The Hall–Kier alpha value is -0.610. The minimum Gasteiger partial charge on any atom is -0.342 e. The fourth-order valence-corrected chi connectivity index (χ4v) is 5.25. The van der Waals surface area contributed by atoms with Crippen LogP contribution in [0.4, 0.5) is 0 Å². The van der Waals surface area contributed by atoms with Crippen molar-refractivity contribution in [1.82, 2.24) is 15.1 Å². The lowest BCUT2D eigenvalue weighted by Crippen LogP contribution is -2.54. The lowest BCUT2D eigenvalue weighted by Gasteiger charge is -2.46. The van der Waals surface area contributed by atoms with Crippen molar-refractivity contribution in [1.29, 1.82) is 0 Å². The van der Waals surface area contributed by atoms with E-state index in [0.717, 1.165) is 44.6 Å². The van der Waals surface area contributed by atoms with E-state index in [-0.39, 0.29) is 0 Å². The number of rotatable bonds is 1. The summed E-state index contributed by atoms with van der Waals surface area (Å²) in [6.07, 6.45) is 7.40. The van der Waals surface area contributed by atoms with Gasteiger partial charge in [0.2, 0.25) is 5.91 Å². The van der Waals surface area contributed by atoms with Gasteiger partial charge < -0.3 is 15.1 Å². The Bertz CT molecular complexity index is 418. The highest BCUT2D eigenvalue weighted by Crippen LogP contribution is 2.59. The maximum Gasteiger partial charge on any atom is 0.226 e. The first-order valence-electron chi connectivity index (χ1n) is 8.89. The van der Waals surface area contributed by atoms with E-state index in [1.54, 1.807) is 0 Å². The van der Waals surface area contributed by atoms with E-state index in [4.69, 9.17) is 0 Å². The Kier molecular flexibility index (Phi) is 3.49. The first-order valence-corrected chi connectivity index (χ1v) is 8.89. The molecule has 3 heterocycles. The monoisotopic (exact) mass is 291 g/mol. The molecule has 3 saturated heterocycles. The molecule has 1 spiro atoms. The number of hydrogen-bond donors (Lipinski definition) is 1. The Balaban J connectivity index is 1.38. The molecule has 0 radical (unpaired) electrons. The lowest BCUT2D eigenvalue weighted by molar-refractivity contribution is -0.137. The first kappa shape index (κ1) is 14.0. The third-order valence-corrected chi connectivity index (χ3v) is 6.74. The van der Waals surface area contributed by atoms with Crippen LogP contribution >= 0.6 is 0 Å². The van der Waals surface area contributed by atoms with Crippen molar-refractivity contribution in [2.24, 2.45) is 17.3 Å². The van der Waals surface area contributed by atoms with Crippen molar-refractivity contribution in [3.63, 3.8) is 0 Å². The zero-order valence-corrected chi connectivity index (χ0v) is 13.3. The van der Waals surface area contributed by atoms with Crippen LogP contribution in [0.5, 0.6) is 0 Å². The number of hydrogen-bond acceptors (Lipinski definition) is 3. The maximum absolute atomic E-state index is 12.9. The van der Waals surface area contributed by atoms with E-state index in [1.165, 1.54) is 38.6 Å². The number of nitrogens with one attached hydrogen (secondary N) is 1. The second-order valence-corrected chi connectivity index (χ2v) is 7.89. The number of piperidine rings is 3. The zero-order chi connectivity index (χ0) is 14.4. The predicted molar refractivity (Wildman–Crippen MR) is 83.0 cm³/mol. The summed E-state index contributed by atoms with van der Waals surface area (Å²) >= 11 is 0.